The number of carboxylic acids is 1. The number of hydrogen-bond donors (Lipinski definition) is 2. The summed E-state index contributed by atoms with van der Waals surface area (Å²) in [6, 6.07) is 4.47. The zero-order valence-corrected chi connectivity index (χ0v) is 13.6. The number of nitrogens with one attached hydrogen (secondary N) is 1. The van der Waals surface area contributed by atoms with Crippen LogP contribution in [-0.4, -0.2) is 23.0 Å². The fourth-order valence-electron chi connectivity index (χ4n) is 2.18. The second-order valence-corrected chi connectivity index (χ2v) is 5.84. The summed E-state index contributed by atoms with van der Waals surface area (Å²) in [6.45, 7) is 5.32. The predicted octanol–water partition coefficient (Wildman–Crippen LogP) is 3.65. The zero-order chi connectivity index (χ0) is 16.3. The summed E-state index contributed by atoms with van der Waals surface area (Å²) in [6.07, 6.45) is 2.41. The fourth-order valence-corrected chi connectivity index (χ4v) is 2.54. The molecule has 0 saturated heterocycles. The van der Waals surface area contributed by atoms with Gasteiger partial charge in [0.1, 0.15) is 11.6 Å². The van der Waals surface area contributed by atoms with Crippen LogP contribution in [0, 0.1) is 6.92 Å². The van der Waals surface area contributed by atoms with Gasteiger partial charge in [-0.05, 0) is 38.0 Å². The number of fused-ring (bicyclic) bond motifs is 1. The molecule has 1 atom stereocenters. The molecule has 5 nitrogen and oxygen atoms in total. The molecule has 0 bridgehead atoms. The van der Waals surface area contributed by atoms with E-state index in [1.54, 1.807) is 19.1 Å². The van der Waals surface area contributed by atoms with Gasteiger partial charge in [0.25, 0.3) is 5.91 Å². The summed E-state index contributed by atoms with van der Waals surface area (Å²) in [5.74, 6) is -1.47. The van der Waals surface area contributed by atoms with Crippen LogP contribution in [0.1, 0.15) is 29.0 Å². The lowest BCUT2D eigenvalue weighted by molar-refractivity contribution is -0.139. The number of allylic oxidation sites excluding steroid dienone is 1. The Labute approximate surface area is 136 Å². The minimum absolute atomic E-state index is 0.137. The van der Waals surface area contributed by atoms with Gasteiger partial charge in [0.05, 0.1) is 0 Å². The van der Waals surface area contributed by atoms with Gasteiger partial charge < -0.3 is 14.8 Å². The fraction of sp³-hybridized carbons (Fsp3) is 0.250. The van der Waals surface area contributed by atoms with Crippen molar-refractivity contribution >= 4 is 38.8 Å². The summed E-state index contributed by atoms with van der Waals surface area (Å²) in [5.41, 5.74) is 1.27. The number of amides is 1. The highest BCUT2D eigenvalue weighted by Gasteiger charge is 2.24. The number of carbonyl (C=O) groups excluding carboxylic acids is 1. The van der Waals surface area contributed by atoms with Gasteiger partial charge in [-0.25, -0.2) is 4.79 Å². The minimum atomic E-state index is -1.08. The topological polar surface area (TPSA) is 79.5 Å². The second-order valence-electron chi connectivity index (χ2n) is 4.93. The maximum atomic E-state index is 12.3. The van der Waals surface area contributed by atoms with E-state index in [0.29, 0.717) is 17.6 Å². The Hall–Kier alpha value is -2.08. The van der Waals surface area contributed by atoms with E-state index in [1.807, 2.05) is 12.1 Å². The van der Waals surface area contributed by atoms with Crippen molar-refractivity contribution in [2.24, 2.45) is 0 Å². The van der Waals surface area contributed by atoms with Gasteiger partial charge in [-0.15, -0.1) is 6.58 Å². The van der Waals surface area contributed by atoms with Gasteiger partial charge in [-0.2, -0.15) is 0 Å². The number of hydrogen-bond acceptors (Lipinski definition) is 3. The largest absolute Gasteiger partial charge is 0.480 e. The number of aryl methyl sites for hydroxylation is 1. The molecule has 2 N–H and O–H groups in total. The molecule has 0 saturated carbocycles. The highest BCUT2D eigenvalue weighted by atomic mass is 79.9. The van der Waals surface area contributed by atoms with Gasteiger partial charge in [0.2, 0.25) is 0 Å². The third kappa shape index (κ3) is 3.39. The van der Waals surface area contributed by atoms with Crippen LogP contribution in [0.5, 0.6) is 0 Å². The number of benzene rings is 1. The van der Waals surface area contributed by atoms with Crippen molar-refractivity contribution in [1.29, 1.82) is 0 Å². The van der Waals surface area contributed by atoms with E-state index in [1.165, 1.54) is 0 Å². The summed E-state index contributed by atoms with van der Waals surface area (Å²) < 4.78 is 6.43. The van der Waals surface area contributed by atoms with E-state index in [2.05, 4.69) is 27.8 Å². The first kappa shape index (κ1) is 16.3. The van der Waals surface area contributed by atoms with Crippen LogP contribution in [0.4, 0.5) is 0 Å². The van der Waals surface area contributed by atoms with Crippen LogP contribution < -0.4 is 5.32 Å². The van der Waals surface area contributed by atoms with Gasteiger partial charge in [-0.3, -0.25) is 4.79 Å². The Morgan fingerprint density at radius 2 is 2.23 bits per heavy atom. The molecule has 0 fully saturated rings. The molecule has 1 aromatic heterocycles. The van der Waals surface area contributed by atoms with Crippen LogP contribution in [0.3, 0.4) is 0 Å². The van der Waals surface area contributed by atoms with Gasteiger partial charge in [0, 0.05) is 15.4 Å². The van der Waals surface area contributed by atoms with E-state index in [-0.39, 0.29) is 12.2 Å². The minimum Gasteiger partial charge on any atom is -0.480 e. The molecule has 22 heavy (non-hydrogen) atoms. The van der Waals surface area contributed by atoms with Gasteiger partial charge >= 0.3 is 5.97 Å². The van der Waals surface area contributed by atoms with E-state index in [4.69, 9.17) is 9.52 Å². The third-order valence-electron chi connectivity index (χ3n) is 3.37. The number of aliphatic carboxylic acids is 1. The van der Waals surface area contributed by atoms with E-state index >= 15 is 0 Å². The third-order valence-corrected chi connectivity index (χ3v) is 3.86. The molecule has 2 aromatic rings. The van der Waals surface area contributed by atoms with Crippen molar-refractivity contribution < 1.29 is 19.1 Å². The Bertz CT molecular complexity index is 735. The van der Waals surface area contributed by atoms with Crippen molar-refractivity contribution in [3.63, 3.8) is 0 Å². The molecular formula is C16H16BrNO4. The smallest absolute Gasteiger partial charge is 0.326 e. The van der Waals surface area contributed by atoms with Crippen LogP contribution in [-0.2, 0) is 4.79 Å². The molecular weight excluding hydrogens is 350 g/mol. The van der Waals surface area contributed by atoms with Crippen molar-refractivity contribution in [2.45, 2.75) is 25.8 Å². The highest BCUT2D eigenvalue weighted by molar-refractivity contribution is 9.10. The van der Waals surface area contributed by atoms with Crippen molar-refractivity contribution in [3.05, 3.63) is 46.7 Å². The number of rotatable bonds is 6. The summed E-state index contributed by atoms with van der Waals surface area (Å²) >= 11 is 3.37. The zero-order valence-electron chi connectivity index (χ0n) is 12.1. The Balaban J connectivity index is 2.27. The van der Waals surface area contributed by atoms with Gasteiger partial charge in [0.15, 0.2) is 5.76 Å². The molecule has 1 unspecified atom stereocenters. The molecule has 1 aromatic carbocycles. The van der Waals surface area contributed by atoms with Crippen LogP contribution >= 0.6 is 15.9 Å². The lowest BCUT2D eigenvalue weighted by Gasteiger charge is -2.12. The van der Waals surface area contributed by atoms with Crippen molar-refractivity contribution in [3.8, 4) is 0 Å². The molecule has 6 heteroatoms. The second kappa shape index (κ2) is 6.79. The molecule has 2 rings (SSSR count). The Morgan fingerprint density at radius 1 is 1.50 bits per heavy atom. The van der Waals surface area contributed by atoms with E-state index in [9.17, 15) is 9.59 Å². The van der Waals surface area contributed by atoms with Crippen LogP contribution in [0.15, 0.2) is 39.7 Å². The lowest BCUT2D eigenvalue weighted by atomic mass is 10.1. The highest BCUT2D eigenvalue weighted by Crippen LogP contribution is 2.28. The molecule has 0 radical (unpaired) electrons. The normalized spacial score (nSPS) is 12.1. The maximum Gasteiger partial charge on any atom is 0.326 e. The summed E-state index contributed by atoms with van der Waals surface area (Å²) in [5, 5.41) is 12.5. The van der Waals surface area contributed by atoms with E-state index < -0.39 is 17.9 Å². The summed E-state index contributed by atoms with van der Waals surface area (Å²) in [7, 11) is 0. The first-order chi connectivity index (χ1) is 10.4. The average molecular weight is 366 g/mol. The van der Waals surface area contributed by atoms with E-state index in [0.717, 1.165) is 9.86 Å². The maximum absolute atomic E-state index is 12.3. The molecule has 116 valence electrons. The number of carboxylic acid groups (broad SMARTS) is 1. The van der Waals surface area contributed by atoms with Gasteiger partial charge in [-0.1, -0.05) is 22.0 Å². The van der Waals surface area contributed by atoms with Crippen LogP contribution in [0.25, 0.3) is 11.0 Å². The standard InChI is InChI=1S/C16H16BrNO4/c1-3-4-5-12(16(20)21)18-15(19)14-9(2)11-8-10(17)6-7-13(11)22-14/h3,6-8,12H,1,4-5H2,2H3,(H,18,19)(H,20,21). The SMILES string of the molecule is C=CCCC(NC(=O)c1oc2ccc(Br)cc2c1C)C(=O)O. The summed E-state index contributed by atoms with van der Waals surface area (Å²) in [4.78, 5) is 23.5. The van der Waals surface area contributed by atoms with Crippen molar-refractivity contribution in [1.82, 2.24) is 5.32 Å². The number of carbonyl (C=O) groups is 2. The molecule has 0 aliphatic carbocycles. The quantitative estimate of drug-likeness (QED) is 0.765. The molecule has 0 aliphatic heterocycles. The predicted molar refractivity (Wildman–Crippen MR) is 87.0 cm³/mol. The number of halogens is 1. The Morgan fingerprint density at radius 3 is 2.86 bits per heavy atom. The number of furan rings is 1. The molecule has 0 aliphatic rings. The molecule has 0 spiro atoms. The first-order valence-electron chi connectivity index (χ1n) is 6.77. The molecule has 1 heterocycles. The molecule has 1 amide bonds. The first-order valence-corrected chi connectivity index (χ1v) is 7.56. The monoisotopic (exact) mass is 365 g/mol. The Kier molecular flexibility index (Phi) is 5.03. The average Bonchev–Trinajstić information content (AvgIpc) is 2.80. The van der Waals surface area contributed by atoms with Crippen LogP contribution in [0.2, 0.25) is 0 Å². The lowest BCUT2D eigenvalue weighted by Crippen LogP contribution is -2.40. The van der Waals surface area contributed by atoms with Crippen molar-refractivity contribution in [2.75, 3.05) is 0 Å².